The molecule has 1 aromatic carbocycles. The summed E-state index contributed by atoms with van der Waals surface area (Å²) >= 11 is 0. The highest BCUT2D eigenvalue weighted by molar-refractivity contribution is 5.80. The molecule has 22 heavy (non-hydrogen) atoms. The number of aromatic nitrogens is 3. The molecular formula is C16H18N4O2. The Morgan fingerprint density at radius 1 is 1.36 bits per heavy atom. The first-order chi connectivity index (χ1) is 10.5. The number of aromatic amines is 1. The SMILES string of the molecule is Cc1noc(C)c1CC(=O)N[C@H](C)c1nc2ccccc2[nH]1. The average molecular weight is 298 g/mol. The number of fused-ring (bicyclic) bond motifs is 1. The van der Waals surface area contributed by atoms with Crippen molar-refractivity contribution < 1.29 is 9.32 Å². The fourth-order valence-electron chi connectivity index (χ4n) is 2.45. The van der Waals surface area contributed by atoms with Crippen LogP contribution in [0.25, 0.3) is 11.0 Å². The molecule has 0 saturated heterocycles. The van der Waals surface area contributed by atoms with Gasteiger partial charge >= 0.3 is 0 Å². The Labute approximate surface area is 127 Å². The summed E-state index contributed by atoms with van der Waals surface area (Å²) in [5, 5.41) is 6.81. The normalized spacial score (nSPS) is 12.5. The van der Waals surface area contributed by atoms with E-state index in [1.165, 1.54) is 0 Å². The second kappa shape index (κ2) is 5.63. The lowest BCUT2D eigenvalue weighted by molar-refractivity contribution is -0.121. The van der Waals surface area contributed by atoms with E-state index in [1.807, 2.05) is 45.0 Å². The number of hydrogen-bond donors (Lipinski definition) is 2. The number of carbonyl (C=O) groups excluding carboxylic acids is 1. The van der Waals surface area contributed by atoms with E-state index in [9.17, 15) is 4.79 Å². The third kappa shape index (κ3) is 2.72. The van der Waals surface area contributed by atoms with Gasteiger partial charge in [-0.25, -0.2) is 4.98 Å². The average Bonchev–Trinajstić information content (AvgIpc) is 3.05. The number of nitrogens with zero attached hydrogens (tertiary/aromatic N) is 2. The smallest absolute Gasteiger partial charge is 0.225 e. The number of para-hydroxylation sites is 2. The number of benzene rings is 1. The lowest BCUT2D eigenvalue weighted by Crippen LogP contribution is -2.29. The van der Waals surface area contributed by atoms with Gasteiger partial charge < -0.3 is 14.8 Å². The standard InChI is InChI=1S/C16H18N4O2/c1-9-12(11(3)22-20-9)8-15(21)17-10(2)16-18-13-6-4-5-7-14(13)19-16/h4-7,10H,8H2,1-3H3,(H,17,21)(H,18,19)/t10-/m1/s1. The van der Waals surface area contributed by atoms with Crippen LogP contribution in [0.3, 0.4) is 0 Å². The minimum absolute atomic E-state index is 0.0812. The molecule has 2 heterocycles. The predicted octanol–water partition coefficient (Wildman–Crippen LogP) is 2.59. The van der Waals surface area contributed by atoms with E-state index in [0.29, 0.717) is 5.76 Å². The maximum Gasteiger partial charge on any atom is 0.225 e. The fourth-order valence-corrected chi connectivity index (χ4v) is 2.45. The van der Waals surface area contributed by atoms with Crippen molar-refractivity contribution in [2.75, 3.05) is 0 Å². The number of carbonyl (C=O) groups is 1. The molecule has 3 rings (SSSR count). The predicted molar refractivity (Wildman–Crippen MR) is 82.3 cm³/mol. The number of nitrogens with one attached hydrogen (secondary N) is 2. The summed E-state index contributed by atoms with van der Waals surface area (Å²) in [5.41, 5.74) is 3.45. The van der Waals surface area contributed by atoms with Gasteiger partial charge in [0.2, 0.25) is 5.91 Å². The van der Waals surface area contributed by atoms with Crippen molar-refractivity contribution in [2.24, 2.45) is 0 Å². The van der Waals surface area contributed by atoms with Crippen LogP contribution in [0.15, 0.2) is 28.8 Å². The van der Waals surface area contributed by atoms with Gasteiger partial charge in [0, 0.05) is 5.56 Å². The monoisotopic (exact) mass is 298 g/mol. The molecule has 0 unspecified atom stereocenters. The molecule has 0 spiro atoms. The molecule has 0 bridgehead atoms. The Bertz CT molecular complexity index is 766. The Kier molecular flexibility index (Phi) is 3.66. The minimum Gasteiger partial charge on any atom is -0.361 e. The second-order valence-corrected chi connectivity index (χ2v) is 5.41. The highest BCUT2D eigenvalue weighted by Gasteiger charge is 2.17. The van der Waals surface area contributed by atoms with Gasteiger partial charge in [-0.1, -0.05) is 17.3 Å². The molecule has 1 amide bonds. The van der Waals surface area contributed by atoms with E-state index < -0.39 is 0 Å². The van der Waals surface area contributed by atoms with Crippen LogP contribution in [0.1, 0.15) is 35.8 Å². The van der Waals surface area contributed by atoms with Gasteiger partial charge in [-0.3, -0.25) is 4.79 Å². The van der Waals surface area contributed by atoms with Crippen molar-refractivity contribution in [2.45, 2.75) is 33.2 Å². The lowest BCUT2D eigenvalue weighted by atomic mass is 10.1. The molecule has 2 N–H and O–H groups in total. The van der Waals surface area contributed by atoms with Crippen LogP contribution in [0.4, 0.5) is 0 Å². The molecule has 114 valence electrons. The molecule has 0 aliphatic heterocycles. The summed E-state index contributed by atoms with van der Waals surface area (Å²) in [4.78, 5) is 19.9. The Hall–Kier alpha value is -2.63. The third-order valence-corrected chi connectivity index (χ3v) is 3.71. The molecule has 6 heteroatoms. The van der Waals surface area contributed by atoms with Gasteiger partial charge in [0.05, 0.1) is 29.2 Å². The first kappa shape index (κ1) is 14.3. The lowest BCUT2D eigenvalue weighted by Gasteiger charge is -2.11. The number of amides is 1. The number of rotatable bonds is 4. The van der Waals surface area contributed by atoms with Crippen molar-refractivity contribution in [3.8, 4) is 0 Å². The van der Waals surface area contributed by atoms with Crippen LogP contribution in [0, 0.1) is 13.8 Å². The number of imidazole rings is 1. The Balaban J connectivity index is 1.70. The molecule has 1 atom stereocenters. The zero-order chi connectivity index (χ0) is 15.7. The molecule has 2 aromatic heterocycles. The van der Waals surface area contributed by atoms with Gasteiger partial charge in [0.25, 0.3) is 0 Å². The van der Waals surface area contributed by atoms with Gasteiger partial charge in [-0.15, -0.1) is 0 Å². The molecular weight excluding hydrogens is 280 g/mol. The number of aryl methyl sites for hydroxylation is 2. The maximum atomic E-state index is 12.2. The molecule has 0 saturated carbocycles. The van der Waals surface area contributed by atoms with E-state index >= 15 is 0 Å². The van der Waals surface area contributed by atoms with Crippen LogP contribution >= 0.6 is 0 Å². The Morgan fingerprint density at radius 3 is 2.82 bits per heavy atom. The quantitative estimate of drug-likeness (QED) is 0.775. The zero-order valence-corrected chi connectivity index (χ0v) is 12.8. The van der Waals surface area contributed by atoms with E-state index in [1.54, 1.807) is 0 Å². The largest absolute Gasteiger partial charge is 0.361 e. The number of H-pyrrole nitrogens is 1. The maximum absolute atomic E-state index is 12.2. The molecule has 0 radical (unpaired) electrons. The second-order valence-electron chi connectivity index (χ2n) is 5.41. The molecule has 0 fully saturated rings. The Morgan fingerprint density at radius 2 is 2.14 bits per heavy atom. The van der Waals surface area contributed by atoms with Gasteiger partial charge in [-0.2, -0.15) is 0 Å². The first-order valence-corrected chi connectivity index (χ1v) is 7.20. The topological polar surface area (TPSA) is 83.8 Å². The summed E-state index contributed by atoms with van der Waals surface area (Å²) in [6.07, 6.45) is 0.256. The van der Waals surface area contributed by atoms with Gasteiger partial charge in [-0.05, 0) is 32.9 Å². The molecule has 3 aromatic rings. The van der Waals surface area contributed by atoms with Gasteiger partial charge in [0.15, 0.2) is 0 Å². The third-order valence-electron chi connectivity index (χ3n) is 3.71. The first-order valence-electron chi connectivity index (χ1n) is 7.20. The van der Waals surface area contributed by atoms with E-state index in [-0.39, 0.29) is 18.4 Å². The van der Waals surface area contributed by atoms with Crippen LogP contribution in [-0.2, 0) is 11.2 Å². The highest BCUT2D eigenvalue weighted by Crippen LogP contribution is 2.17. The van der Waals surface area contributed by atoms with Crippen LogP contribution in [0.2, 0.25) is 0 Å². The molecule has 6 nitrogen and oxygen atoms in total. The summed E-state index contributed by atoms with van der Waals surface area (Å²) in [5.74, 6) is 1.35. The fraction of sp³-hybridized carbons (Fsp3) is 0.312. The molecule has 0 aliphatic carbocycles. The molecule has 0 aliphatic rings. The van der Waals surface area contributed by atoms with Crippen molar-refractivity contribution >= 4 is 16.9 Å². The van der Waals surface area contributed by atoms with Crippen molar-refractivity contribution in [1.82, 2.24) is 20.4 Å². The van der Waals surface area contributed by atoms with Crippen molar-refractivity contribution in [3.63, 3.8) is 0 Å². The van der Waals surface area contributed by atoms with Crippen molar-refractivity contribution in [3.05, 3.63) is 47.1 Å². The van der Waals surface area contributed by atoms with E-state index in [0.717, 1.165) is 28.1 Å². The van der Waals surface area contributed by atoms with E-state index in [4.69, 9.17) is 4.52 Å². The van der Waals surface area contributed by atoms with Crippen LogP contribution < -0.4 is 5.32 Å². The van der Waals surface area contributed by atoms with E-state index in [2.05, 4.69) is 20.4 Å². The zero-order valence-electron chi connectivity index (χ0n) is 12.8. The minimum atomic E-state index is -0.194. The highest BCUT2D eigenvalue weighted by atomic mass is 16.5. The summed E-state index contributed by atoms with van der Waals surface area (Å²) in [6.45, 7) is 5.55. The van der Waals surface area contributed by atoms with Crippen molar-refractivity contribution in [1.29, 1.82) is 0 Å². The summed E-state index contributed by atoms with van der Waals surface area (Å²) < 4.78 is 5.08. The number of hydrogen-bond acceptors (Lipinski definition) is 4. The summed E-state index contributed by atoms with van der Waals surface area (Å²) in [6, 6.07) is 7.59. The van der Waals surface area contributed by atoms with Gasteiger partial charge in [0.1, 0.15) is 11.6 Å². The summed E-state index contributed by atoms with van der Waals surface area (Å²) in [7, 11) is 0. The van der Waals surface area contributed by atoms with Crippen LogP contribution in [-0.4, -0.2) is 21.0 Å². The van der Waals surface area contributed by atoms with Crippen LogP contribution in [0.5, 0.6) is 0 Å².